The molecule has 1 fully saturated rings. The summed E-state index contributed by atoms with van der Waals surface area (Å²) in [5.74, 6) is -1.81. The van der Waals surface area contributed by atoms with Crippen LogP contribution < -0.4 is 19.1 Å². The molecule has 196 valence electrons. The van der Waals surface area contributed by atoms with Crippen LogP contribution in [0, 0.1) is 10.5 Å². The van der Waals surface area contributed by atoms with Crippen LogP contribution in [0.5, 0.6) is 11.5 Å². The fraction of sp³-hybridized carbons (Fsp3) is 0.0800. The van der Waals surface area contributed by atoms with Crippen LogP contribution in [0.3, 0.4) is 0 Å². The molecule has 1 heterocycles. The molecular weight excluding hydrogens is 670 g/mol. The zero-order chi connectivity index (χ0) is 27.8. The molecule has 4 rings (SSSR count). The van der Waals surface area contributed by atoms with Crippen LogP contribution in [0.4, 0.5) is 10.5 Å². The first-order chi connectivity index (χ1) is 17.9. The molecule has 0 atom stereocenters. The summed E-state index contributed by atoms with van der Waals surface area (Å²) in [4.78, 5) is 38.9. The van der Waals surface area contributed by atoms with Crippen molar-refractivity contribution >= 4 is 85.5 Å². The van der Waals surface area contributed by atoms with Gasteiger partial charge in [0.25, 0.3) is 11.8 Å². The molecule has 13 heteroatoms. The molecular formula is C25H17Cl2IN2O7S. The maximum atomic E-state index is 13.2. The number of methoxy groups -OCH3 is 1. The summed E-state index contributed by atoms with van der Waals surface area (Å²) in [6, 6.07) is 12.0. The molecule has 3 aromatic rings. The van der Waals surface area contributed by atoms with Gasteiger partial charge in [-0.1, -0.05) is 29.3 Å². The molecule has 3 aromatic carbocycles. The lowest BCUT2D eigenvalue weighted by Crippen LogP contribution is -2.54. The summed E-state index contributed by atoms with van der Waals surface area (Å²) in [5, 5.41) is 2.84. The highest BCUT2D eigenvalue weighted by molar-refractivity contribution is 14.1. The first-order valence-corrected chi connectivity index (χ1v) is 13.9. The topological polar surface area (TPSA) is 119 Å². The van der Waals surface area contributed by atoms with E-state index in [1.807, 2.05) is 22.6 Å². The molecule has 0 unspecified atom stereocenters. The highest BCUT2D eigenvalue weighted by atomic mass is 127. The third kappa shape index (κ3) is 5.65. The molecule has 38 heavy (non-hydrogen) atoms. The minimum absolute atomic E-state index is 0.0307. The minimum atomic E-state index is -4.23. The quantitative estimate of drug-likeness (QED) is 0.161. The number of rotatable bonds is 6. The van der Waals surface area contributed by atoms with Crippen LogP contribution in [0.1, 0.15) is 11.1 Å². The van der Waals surface area contributed by atoms with Gasteiger partial charge in [0, 0.05) is 10.0 Å². The molecule has 1 N–H and O–H groups in total. The fourth-order valence-electron chi connectivity index (χ4n) is 3.44. The highest BCUT2D eigenvalue weighted by Crippen LogP contribution is 2.37. The Kier molecular flexibility index (Phi) is 8.02. The maximum absolute atomic E-state index is 13.2. The summed E-state index contributed by atoms with van der Waals surface area (Å²) in [6.45, 7) is 1.77. The van der Waals surface area contributed by atoms with Crippen molar-refractivity contribution < 1.29 is 31.7 Å². The van der Waals surface area contributed by atoms with Gasteiger partial charge in [-0.2, -0.15) is 8.42 Å². The predicted molar refractivity (Wildman–Crippen MR) is 150 cm³/mol. The fourth-order valence-corrected chi connectivity index (χ4v) is 5.59. The van der Waals surface area contributed by atoms with Crippen LogP contribution in [-0.2, 0) is 19.7 Å². The van der Waals surface area contributed by atoms with Gasteiger partial charge in [-0.25, -0.2) is 9.69 Å². The number of barbiturate groups is 1. The van der Waals surface area contributed by atoms with Gasteiger partial charge in [-0.3, -0.25) is 14.9 Å². The van der Waals surface area contributed by atoms with E-state index in [1.165, 1.54) is 61.7 Å². The summed E-state index contributed by atoms with van der Waals surface area (Å²) >= 11 is 13.8. The van der Waals surface area contributed by atoms with E-state index >= 15 is 0 Å². The monoisotopic (exact) mass is 686 g/mol. The number of amides is 4. The number of urea groups is 1. The van der Waals surface area contributed by atoms with E-state index < -0.39 is 28.0 Å². The number of halogens is 3. The number of hydrogen-bond acceptors (Lipinski definition) is 7. The van der Waals surface area contributed by atoms with Crippen LogP contribution in [0.15, 0.2) is 65.1 Å². The van der Waals surface area contributed by atoms with Crippen molar-refractivity contribution in [3.8, 4) is 11.5 Å². The van der Waals surface area contributed by atoms with Crippen LogP contribution >= 0.6 is 45.8 Å². The number of carbonyl (C=O) groups is 3. The molecule has 4 amide bonds. The zero-order valence-electron chi connectivity index (χ0n) is 19.6. The lowest BCUT2D eigenvalue weighted by Gasteiger charge is -2.26. The Hall–Kier alpha value is -3.13. The van der Waals surface area contributed by atoms with Gasteiger partial charge in [0.15, 0.2) is 11.5 Å². The number of ether oxygens (including phenoxy) is 1. The number of nitrogens with zero attached hydrogens (tertiary/aromatic N) is 1. The Labute approximate surface area is 241 Å². The van der Waals surface area contributed by atoms with E-state index in [0.29, 0.717) is 19.2 Å². The van der Waals surface area contributed by atoms with Gasteiger partial charge in [0.1, 0.15) is 10.5 Å². The second-order valence-corrected chi connectivity index (χ2v) is 11.5. The summed E-state index contributed by atoms with van der Waals surface area (Å²) in [5.41, 5.74) is 0.915. The molecule has 0 bridgehead atoms. The van der Waals surface area contributed by atoms with E-state index in [-0.39, 0.29) is 27.7 Å². The average Bonchev–Trinajstić information content (AvgIpc) is 2.85. The van der Waals surface area contributed by atoms with Crippen LogP contribution in [0.2, 0.25) is 10.0 Å². The van der Waals surface area contributed by atoms with Gasteiger partial charge in [0.2, 0.25) is 0 Å². The van der Waals surface area contributed by atoms with Gasteiger partial charge in [0.05, 0.1) is 16.4 Å². The smallest absolute Gasteiger partial charge is 0.339 e. The molecule has 1 saturated heterocycles. The van der Waals surface area contributed by atoms with Crippen LogP contribution in [-0.4, -0.2) is 33.4 Å². The lowest BCUT2D eigenvalue weighted by atomic mass is 10.1. The van der Waals surface area contributed by atoms with Gasteiger partial charge in [-0.05, 0) is 95.2 Å². The van der Waals surface area contributed by atoms with E-state index in [9.17, 15) is 22.8 Å². The van der Waals surface area contributed by atoms with Crippen molar-refractivity contribution in [1.82, 2.24) is 5.32 Å². The van der Waals surface area contributed by atoms with Crippen molar-refractivity contribution in [3.05, 3.63) is 84.9 Å². The summed E-state index contributed by atoms with van der Waals surface area (Å²) < 4.78 is 36.6. The second-order valence-electron chi connectivity index (χ2n) is 7.92. The van der Waals surface area contributed by atoms with Crippen molar-refractivity contribution in [2.75, 3.05) is 12.0 Å². The molecule has 1 aliphatic rings. The molecule has 0 saturated carbocycles. The molecule has 9 nitrogen and oxygen atoms in total. The number of nitrogens with one attached hydrogen (secondary N) is 1. The number of imide groups is 2. The van der Waals surface area contributed by atoms with Crippen molar-refractivity contribution in [2.45, 2.75) is 11.8 Å². The van der Waals surface area contributed by atoms with E-state index in [0.717, 1.165) is 10.5 Å². The molecule has 1 aliphatic heterocycles. The third-order valence-corrected chi connectivity index (χ3v) is 8.07. The van der Waals surface area contributed by atoms with Crippen molar-refractivity contribution in [2.24, 2.45) is 0 Å². The van der Waals surface area contributed by atoms with Crippen LogP contribution in [0.25, 0.3) is 6.08 Å². The Morgan fingerprint density at radius 2 is 1.68 bits per heavy atom. The Morgan fingerprint density at radius 1 is 1.00 bits per heavy atom. The first kappa shape index (κ1) is 27.9. The standard InChI is InChI=1S/C25H17Cl2IN2O7S/c1-13-3-6-16(12-19(13)27)30-24(32)18(23(31)29-25(30)33)9-14-10-20(28)22(21(11-14)36-2)37-38(34,35)17-7-4-15(26)5-8-17/h3-12H,1-2H3,(H,29,31,33)/b18-9+. The van der Waals surface area contributed by atoms with Crippen molar-refractivity contribution in [3.63, 3.8) is 0 Å². The Morgan fingerprint density at radius 3 is 2.32 bits per heavy atom. The van der Waals surface area contributed by atoms with E-state index in [2.05, 4.69) is 5.32 Å². The Balaban J connectivity index is 1.70. The van der Waals surface area contributed by atoms with E-state index in [4.69, 9.17) is 32.1 Å². The van der Waals surface area contributed by atoms with Gasteiger partial charge >= 0.3 is 16.1 Å². The second kappa shape index (κ2) is 10.9. The van der Waals surface area contributed by atoms with Gasteiger partial charge < -0.3 is 8.92 Å². The average molecular weight is 687 g/mol. The Bertz CT molecular complexity index is 1620. The minimum Gasteiger partial charge on any atom is -0.493 e. The number of hydrogen-bond donors (Lipinski definition) is 1. The zero-order valence-corrected chi connectivity index (χ0v) is 24.1. The first-order valence-electron chi connectivity index (χ1n) is 10.7. The lowest BCUT2D eigenvalue weighted by molar-refractivity contribution is -0.122. The number of aryl methyl sites for hydroxylation is 1. The summed E-state index contributed by atoms with van der Waals surface area (Å²) in [6.07, 6.45) is 1.26. The number of carbonyl (C=O) groups excluding carboxylic acids is 3. The molecule has 0 spiro atoms. The summed E-state index contributed by atoms with van der Waals surface area (Å²) in [7, 11) is -2.92. The molecule has 0 radical (unpaired) electrons. The maximum Gasteiger partial charge on any atom is 0.339 e. The van der Waals surface area contributed by atoms with Gasteiger partial charge in [-0.15, -0.1) is 0 Å². The normalized spacial score (nSPS) is 15.0. The number of benzene rings is 3. The predicted octanol–water partition coefficient (Wildman–Crippen LogP) is 5.35. The van der Waals surface area contributed by atoms with Crippen molar-refractivity contribution in [1.29, 1.82) is 0 Å². The molecule has 0 aromatic heterocycles. The third-order valence-electron chi connectivity index (χ3n) is 5.37. The number of anilines is 1. The largest absolute Gasteiger partial charge is 0.493 e. The molecule has 0 aliphatic carbocycles. The SMILES string of the molecule is COc1cc(/C=C2\C(=O)NC(=O)N(c3ccc(C)c(Cl)c3)C2=O)cc(I)c1OS(=O)(=O)c1ccc(Cl)cc1. The van der Waals surface area contributed by atoms with E-state index in [1.54, 1.807) is 13.0 Å². The highest BCUT2D eigenvalue weighted by Gasteiger charge is 2.37.